The molecule has 1 amide bonds. The topological polar surface area (TPSA) is 185 Å². The summed E-state index contributed by atoms with van der Waals surface area (Å²) in [4.78, 5) is 50.9. The Labute approximate surface area is 257 Å². The summed E-state index contributed by atoms with van der Waals surface area (Å²) in [5.41, 5.74) is 2.64. The fraction of sp³-hybridized carbons (Fsp3) is 0.154. The fourth-order valence-electron chi connectivity index (χ4n) is 4.65. The van der Waals surface area contributed by atoms with E-state index < -0.39 is 12.1 Å². The number of amides is 1. The molecular formula is C26H20Cl3N9O5. The van der Waals surface area contributed by atoms with Gasteiger partial charge in [-0.3, -0.25) is 24.0 Å². The molecule has 0 saturated carbocycles. The Bertz CT molecular complexity index is 1890. The summed E-state index contributed by atoms with van der Waals surface area (Å²) in [6, 6.07) is 9.44. The van der Waals surface area contributed by atoms with E-state index in [2.05, 4.69) is 25.3 Å². The number of nitrogens with zero attached hydrogens (tertiary/aromatic N) is 8. The average Bonchev–Trinajstić information content (AvgIpc) is 3.71. The van der Waals surface area contributed by atoms with Crippen molar-refractivity contribution in [2.24, 2.45) is 0 Å². The Morgan fingerprint density at radius 1 is 1.14 bits per heavy atom. The first kappa shape index (κ1) is 29.7. The fourth-order valence-corrected chi connectivity index (χ4v) is 5.18. The predicted molar refractivity (Wildman–Crippen MR) is 157 cm³/mol. The molecule has 0 radical (unpaired) electrons. The summed E-state index contributed by atoms with van der Waals surface area (Å²) in [5.74, 6) is 1.08. The summed E-state index contributed by atoms with van der Waals surface area (Å²) in [6.45, 7) is -0.250. The van der Waals surface area contributed by atoms with Crippen LogP contribution in [-0.4, -0.2) is 69.3 Å². The van der Waals surface area contributed by atoms with Crippen molar-refractivity contribution in [1.82, 2.24) is 39.5 Å². The molecule has 14 nitrogen and oxygen atoms in total. The third-order valence-corrected chi connectivity index (χ3v) is 7.27. The van der Waals surface area contributed by atoms with Gasteiger partial charge >= 0.3 is 6.09 Å². The zero-order chi connectivity index (χ0) is 30.8. The normalized spacial score (nSPS) is 13.6. The van der Waals surface area contributed by atoms with Gasteiger partial charge in [-0.05, 0) is 36.8 Å². The van der Waals surface area contributed by atoms with Crippen LogP contribution >= 0.6 is 34.8 Å². The van der Waals surface area contributed by atoms with Gasteiger partial charge < -0.3 is 15.2 Å². The minimum absolute atomic E-state index is 0.223. The van der Waals surface area contributed by atoms with E-state index >= 15 is 0 Å². The Hall–Kier alpha value is -4.79. The number of aromatic amines is 1. The van der Waals surface area contributed by atoms with Crippen LogP contribution in [0.25, 0.3) is 28.3 Å². The molecule has 3 N–H and O–H groups in total. The highest BCUT2D eigenvalue weighted by atomic mass is 35.5. The van der Waals surface area contributed by atoms with Gasteiger partial charge in [0.05, 0.1) is 41.2 Å². The van der Waals surface area contributed by atoms with E-state index in [1.807, 2.05) is 0 Å². The lowest BCUT2D eigenvalue weighted by molar-refractivity contribution is -0.122. The van der Waals surface area contributed by atoms with Crippen LogP contribution < -0.4 is 10.5 Å². The number of fused-ring (bicyclic) bond motifs is 1. The number of pyridine rings is 1. The maximum Gasteiger partial charge on any atom is 0.411 e. The molecule has 1 aliphatic heterocycles. The van der Waals surface area contributed by atoms with Gasteiger partial charge in [0.25, 0.3) is 12.0 Å². The van der Waals surface area contributed by atoms with Crippen LogP contribution in [0.2, 0.25) is 15.3 Å². The zero-order valence-electron chi connectivity index (χ0n) is 22.0. The number of aryl methyl sites for hydroxylation is 1. The van der Waals surface area contributed by atoms with Crippen LogP contribution in [0.1, 0.15) is 24.1 Å². The third kappa shape index (κ3) is 5.93. The van der Waals surface area contributed by atoms with Gasteiger partial charge in [0.15, 0.2) is 5.15 Å². The van der Waals surface area contributed by atoms with Gasteiger partial charge in [0.2, 0.25) is 0 Å². The van der Waals surface area contributed by atoms with E-state index in [0.717, 1.165) is 4.90 Å². The van der Waals surface area contributed by atoms with Crippen molar-refractivity contribution in [2.45, 2.75) is 18.9 Å². The van der Waals surface area contributed by atoms with Crippen LogP contribution in [0.3, 0.4) is 0 Å². The minimum Gasteiger partial charge on any atom is -0.483 e. The van der Waals surface area contributed by atoms with Gasteiger partial charge in [-0.25, -0.2) is 19.4 Å². The van der Waals surface area contributed by atoms with Gasteiger partial charge in [0.1, 0.15) is 22.5 Å². The molecule has 0 bridgehead atoms. The molecule has 43 heavy (non-hydrogen) atoms. The first-order valence-electron chi connectivity index (χ1n) is 12.4. The van der Waals surface area contributed by atoms with E-state index in [9.17, 15) is 9.59 Å². The van der Waals surface area contributed by atoms with Gasteiger partial charge in [-0.2, -0.15) is 0 Å². The molecule has 0 unspecified atom stereocenters. The highest BCUT2D eigenvalue weighted by Gasteiger charge is 2.30. The minimum atomic E-state index is -1.11. The number of anilines is 1. The van der Waals surface area contributed by atoms with E-state index in [0.29, 0.717) is 63.5 Å². The summed E-state index contributed by atoms with van der Waals surface area (Å²) in [7, 11) is 1.42. The van der Waals surface area contributed by atoms with Crippen molar-refractivity contribution in [3.05, 3.63) is 86.1 Å². The molecular weight excluding hydrogens is 625 g/mol. The van der Waals surface area contributed by atoms with Crippen molar-refractivity contribution in [3.8, 4) is 28.3 Å². The van der Waals surface area contributed by atoms with Crippen molar-refractivity contribution in [1.29, 1.82) is 0 Å². The molecule has 1 aliphatic rings. The van der Waals surface area contributed by atoms with Gasteiger partial charge in [0, 0.05) is 30.1 Å². The number of imidazole rings is 1. The monoisotopic (exact) mass is 643 g/mol. The largest absolute Gasteiger partial charge is 0.483 e. The van der Waals surface area contributed by atoms with E-state index in [1.54, 1.807) is 41.1 Å². The van der Waals surface area contributed by atoms with Crippen LogP contribution in [0.5, 0.6) is 0 Å². The molecule has 0 spiro atoms. The highest BCUT2D eigenvalue weighted by molar-refractivity contribution is 6.32. The molecule has 0 saturated heterocycles. The number of hydrogen-bond acceptors (Lipinski definition) is 8. The van der Waals surface area contributed by atoms with Crippen molar-refractivity contribution in [3.63, 3.8) is 0 Å². The molecule has 0 aliphatic carbocycles. The van der Waals surface area contributed by atoms with Crippen molar-refractivity contribution < 1.29 is 19.8 Å². The second-order valence-electron chi connectivity index (χ2n) is 9.10. The number of hydrogen-bond donors (Lipinski definition) is 3. The Morgan fingerprint density at radius 3 is 2.56 bits per heavy atom. The highest BCUT2D eigenvalue weighted by Crippen LogP contribution is 2.34. The number of H-pyrrole nitrogens is 1. The van der Waals surface area contributed by atoms with Gasteiger partial charge in [-0.1, -0.05) is 40.0 Å². The Balaban J connectivity index is 0.00000118. The Morgan fingerprint density at radius 2 is 1.91 bits per heavy atom. The number of carboxylic acid groups (broad SMARTS) is 2. The SMILES string of the molecule is CN(C(=O)O)c1ccc(-c2nc([C@@H]3CCc4nc(-c5cc(Cl)ccc5-n5cc(Cl)nn5)cc(=O)n43)[nH]c2Cl)nc1.O=CO. The van der Waals surface area contributed by atoms with E-state index in [-0.39, 0.29) is 22.3 Å². The van der Waals surface area contributed by atoms with E-state index in [1.165, 1.54) is 24.0 Å². The number of aromatic nitrogens is 8. The van der Waals surface area contributed by atoms with E-state index in [4.69, 9.17) is 54.8 Å². The molecule has 5 heterocycles. The number of benzene rings is 1. The molecule has 0 fully saturated rings. The quantitative estimate of drug-likeness (QED) is 0.229. The smallest absolute Gasteiger partial charge is 0.411 e. The lowest BCUT2D eigenvalue weighted by Crippen LogP contribution is -2.25. The van der Waals surface area contributed by atoms with Crippen LogP contribution in [-0.2, 0) is 11.2 Å². The molecule has 4 aromatic heterocycles. The lowest BCUT2D eigenvalue weighted by atomic mass is 10.1. The molecule has 5 aromatic rings. The molecule has 220 valence electrons. The number of halogens is 3. The summed E-state index contributed by atoms with van der Waals surface area (Å²) in [6.07, 6.45) is 2.97. The molecule has 17 heteroatoms. The standard InChI is InChI=1S/C25H18Cl3N9O3.CH2O2/c1-35(25(39)40)13-3-4-15(29-10-13)22-23(28)32-24(31-22)18-6-7-20-30-16(9-21(38)37(18)20)14-8-12(26)2-5-17(14)36-11-19(27)33-34-36;2-1-3/h2-5,8-11,18H,6-7H2,1H3,(H,31,32)(H,39,40);1H,(H,2,3)/t18-;/m0./s1. The van der Waals surface area contributed by atoms with Crippen LogP contribution in [0.4, 0.5) is 10.5 Å². The van der Waals surface area contributed by atoms with Crippen molar-refractivity contribution >= 4 is 53.1 Å². The number of carbonyl (C=O) groups is 2. The first-order valence-corrected chi connectivity index (χ1v) is 13.5. The molecule has 1 aromatic carbocycles. The predicted octanol–water partition coefficient (Wildman–Crippen LogP) is 4.59. The second-order valence-corrected chi connectivity index (χ2v) is 10.3. The maximum atomic E-state index is 13.4. The molecule has 1 atom stereocenters. The lowest BCUT2D eigenvalue weighted by Gasteiger charge is -2.14. The summed E-state index contributed by atoms with van der Waals surface area (Å²) < 4.78 is 3.09. The van der Waals surface area contributed by atoms with Crippen molar-refractivity contribution in [2.75, 3.05) is 11.9 Å². The third-order valence-electron chi connectivity index (χ3n) is 6.58. The van der Waals surface area contributed by atoms with Crippen LogP contribution in [0.15, 0.2) is 53.6 Å². The average molecular weight is 645 g/mol. The first-order chi connectivity index (χ1) is 20.6. The summed E-state index contributed by atoms with van der Waals surface area (Å²) in [5, 5.41) is 24.9. The summed E-state index contributed by atoms with van der Waals surface area (Å²) >= 11 is 18.7. The van der Waals surface area contributed by atoms with Crippen LogP contribution in [0, 0.1) is 0 Å². The maximum absolute atomic E-state index is 13.4. The Kier molecular flexibility index (Phi) is 8.43. The van der Waals surface area contributed by atoms with Gasteiger partial charge in [-0.15, -0.1) is 5.10 Å². The number of nitrogens with one attached hydrogen (secondary N) is 1. The second kappa shape index (κ2) is 12.2. The molecule has 6 rings (SSSR count). The number of rotatable bonds is 5. The zero-order valence-corrected chi connectivity index (χ0v) is 24.3.